The lowest BCUT2D eigenvalue weighted by Crippen LogP contribution is -2.31. The highest BCUT2D eigenvalue weighted by Crippen LogP contribution is 2.41. The smallest absolute Gasteiger partial charge is 0.227 e. The van der Waals surface area contributed by atoms with Crippen LogP contribution in [0.3, 0.4) is 0 Å². The summed E-state index contributed by atoms with van der Waals surface area (Å²) in [5.74, 6) is 2.20. The van der Waals surface area contributed by atoms with Crippen molar-refractivity contribution in [3.8, 4) is 5.75 Å². The second-order valence-electron chi connectivity index (χ2n) is 9.22. The molecule has 0 fully saturated rings. The molecule has 1 aliphatic carbocycles. The third-order valence-corrected chi connectivity index (χ3v) is 8.19. The molecule has 1 N–H and O–H groups in total. The van der Waals surface area contributed by atoms with Crippen LogP contribution >= 0.6 is 35.0 Å². The summed E-state index contributed by atoms with van der Waals surface area (Å²) in [6.45, 7) is 0.441. The van der Waals surface area contributed by atoms with Gasteiger partial charge >= 0.3 is 0 Å². The summed E-state index contributed by atoms with van der Waals surface area (Å²) in [6, 6.07) is 22.9. The Morgan fingerprint density at radius 1 is 1.00 bits per heavy atom. The largest absolute Gasteiger partial charge is 0.489 e. The van der Waals surface area contributed by atoms with Crippen molar-refractivity contribution in [3.63, 3.8) is 0 Å². The van der Waals surface area contributed by atoms with E-state index in [-0.39, 0.29) is 11.8 Å². The highest BCUT2D eigenvalue weighted by atomic mass is 35.5. The van der Waals surface area contributed by atoms with E-state index in [1.54, 1.807) is 0 Å². The second kappa shape index (κ2) is 10.8. The summed E-state index contributed by atoms with van der Waals surface area (Å²) in [6.07, 6.45) is 2.18. The Labute approximate surface area is 235 Å². The van der Waals surface area contributed by atoms with Crippen LogP contribution in [-0.4, -0.2) is 20.5 Å². The van der Waals surface area contributed by atoms with Crippen molar-refractivity contribution >= 4 is 46.7 Å². The predicted molar refractivity (Wildman–Crippen MR) is 151 cm³/mol. The molecular formula is C29H24Cl2N4O2S. The van der Waals surface area contributed by atoms with Crippen LogP contribution in [-0.2, 0) is 17.2 Å². The van der Waals surface area contributed by atoms with E-state index in [2.05, 4.69) is 5.32 Å². The minimum Gasteiger partial charge on any atom is -0.489 e. The molecule has 0 spiro atoms. The quantitative estimate of drug-likeness (QED) is 0.235. The van der Waals surface area contributed by atoms with Gasteiger partial charge in [0, 0.05) is 33.5 Å². The summed E-state index contributed by atoms with van der Waals surface area (Å²) >= 11 is 13.8. The van der Waals surface area contributed by atoms with E-state index in [1.165, 1.54) is 11.8 Å². The Bertz CT molecular complexity index is 1520. The van der Waals surface area contributed by atoms with Gasteiger partial charge in [0.2, 0.25) is 11.1 Å². The highest BCUT2D eigenvalue weighted by molar-refractivity contribution is 7.98. The lowest BCUT2D eigenvalue weighted by Gasteiger charge is -2.32. The molecule has 1 unspecified atom stereocenters. The van der Waals surface area contributed by atoms with Crippen LogP contribution in [0.2, 0.25) is 10.0 Å². The van der Waals surface area contributed by atoms with Gasteiger partial charge in [0.05, 0.1) is 0 Å². The summed E-state index contributed by atoms with van der Waals surface area (Å²) in [7, 11) is 0. The van der Waals surface area contributed by atoms with Crippen LogP contribution in [0, 0.1) is 0 Å². The van der Waals surface area contributed by atoms with Crippen LogP contribution < -0.4 is 10.1 Å². The van der Waals surface area contributed by atoms with E-state index in [9.17, 15) is 4.79 Å². The van der Waals surface area contributed by atoms with Crippen molar-refractivity contribution in [3.05, 3.63) is 111 Å². The van der Waals surface area contributed by atoms with E-state index >= 15 is 0 Å². The molecular weight excluding hydrogens is 539 g/mol. The standard InChI is InChI=1S/C29H24Cl2N4O2S/c30-21-12-8-18(9-13-21)16-37-22-14-10-19(11-15-22)27-26-24(6-3-7-25(26)36)32-28-33-29(34-35(27)28)38-17-20-4-1-2-5-23(20)31/h1-2,4-5,8-15,27H,3,6-7,16-17H2,(H,32,33,34). The highest BCUT2D eigenvalue weighted by Gasteiger charge is 2.36. The number of rotatable bonds is 7. The van der Waals surface area contributed by atoms with E-state index in [1.807, 2.05) is 77.5 Å². The number of allylic oxidation sites excluding steroid dienone is 2. The van der Waals surface area contributed by atoms with E-state index < -0.39 is 0 Å². The average Bonchev–Trinajstić information content (AvgIpc) is 3.34. The number of ketones is 1. The molecule has 2 aliphatic rings. The first kappa shape index (κ1) is 25.0. The predicted octanol–water partition coefficient (Wildman–Crippen LogP) is 7.48. The fraction of sp³-hybridized carbons (Fsp3) is 0.207. The Kier molecular flexibility index (Phi) is 7.15. The van der Waals surface area contributed by atoms with Crippen molar-refractivity contribution in [1.82, 2.24) is 14.8 Å². The van der Waals surface area contributed by atoms with Crippen LogP contribution in [0.4, 0.5) is 5.95 Å². The maximum atomic E-state index is 13.1. The number of hydrogen-bond donors (Lipinski definition) is 1. The van der Waals surface area contributed by atoms with Gasteiger partial charge < -0.3 is 10.1 Å². The molecule has 6 rings (SSSR count). The molecule has 0 bridgehead atoms. The number of nitrogens with zero attached hydrogens (tertiary/aromatic N) is 3. The third kappa shape index (κ3) is 5.19. The number of nitrogens with one attached hydrogen (secondary N) is 1. The molecule has 2 heterocycles. The van der Waals surface area contributed by atoms with Crippen molar-refractivity contribution in [2.45, 2.75) is 42.8 Å². The first-order chi connectivity index (χ1) is 18.5. The number of Topliss-reactive ketones (excluding diaryl/α,β-unsaturated/α-hetero) is 1. The van der Waals surface area contributed by atoms with Crippen molar-refractivity contribution in [2.75, 3.05) is 5.32 Å². The third-order valence-electron chi connectivity index (χ3n) is 6.68. The maximum Gasteiger partial charge on any atom is 0.227 e. The van der Waals surface area contributed by atoms with Crippen molar-refractivity contribution in [1.29, 1.82) is 0 Å². The van der Waals surface area contributed by atoms with Crippen molar-refractivity contribution < 1.29 is 9.53 Å². The van der Waals surface area contributed by atoms with Gasteiger partial charge in [0.25, 0.3) is 0 Å². The van der Waals surface area contributed by atoms with Gasteiger partial charge in [-0.3, -0.25) is 4.79 Å². The van der Waals surface area contributed by atoms with Gasteiger partial charge in [0.1, 0.15) is 18.4 Å². The normalized spacial score (nSPS) is 16.6. The Morgan fingerprint density at radius 3 is 2.58 bits per heavy atom. The van der Waals surface area contributed by atoms with Gasteiger partial charge in [0.15, 0.2) is 5.78 Å². The molecule has 1 aromatic heterocycles. The average molecular weight is 564 g/mol. The minimum absolute atomic E-state index is 0.151. The Balaban J connectivity index is 1.26. The molecule has 1 aliphatic heterocycles. The molecule has 4 aromatic rings. The molecule has 1 atom stereocenters. The number of benzene rings is 3. The molecule has 9 heteroatoms. The molecule has 0 radical (unpaired) electrons. The number of aromatic nitrogens is 3. The van der Waals surface area contributed by atoms with E-state index in [0.29, 0.717) is 34.9 Å². The SMILES string of the molecule is O=C1CCCC2=C1C(c1ccc(OCc3ccc(Cl)cc3)cc1)n1nc(SCc3ccccc3Cl)nc1N2. The van der Waals surface area contributed by atoms with Gasteiger partial charge in [-0.2, -0.15) is 4.98 Å². The lowest BCUT2D eigenvalue weighted by molar-refractivity contribution is -0.116. The number of carbonyl (C=O) groups excluding carboxylic acids is 1. The summed E-state index contributed by atoms with van der Waals surface area (Å²) < 4.78 is 7.81. The lowest BCUT2D eigenvalue weighted by atomic mass is 9.85. The first-order valence-corrected chi connectivity index (χ1v) is 14.1. The van der Waals surface area contributed by atoms with Crippen molar-refractivity contribution in [2.24, 2.45) is 0 Å². The fourth-order valence-electron chi connectivity index (χ4n) is 4.76. The minimum atomic E-state index is -0.346. The van der Waals surface area contributed by atoms with Gasteiger partial charge in [-0.05, 0) is 59.9 Å². The number of anilines is 1. The molecule has 6 nitrogen and oxygen atoms in total. The number of halogens is 2. The Hall–Kier alpha value is -3.26. The molecule has 3 aromatic carbocycles. The van der Waals surface area contributed by atoms with Crippen LogP contribution in [0.25, 0.3) is 0 Å². The second-order valence-corrected chi connectivity index (χ2v) is 11.0. The van der Waals surface area contributed by atoms with Gasteiger partial charge in [-0.25, -0.2) is 4.68 Å². The van der Waals surface area contributed by atoms with Crippen LogP contribution in [0.1, 0.15) is 42.0 Å². The number of hydrogen-bond acceptors (Lipinski definition) is 6. The number of fused-ring (bicyclic) bond motifs is 1. The summed E-state index contributed by atoms with van der Waals surface area (Å²) in [5.41, 5.74) is 4.73. The molecule has 38 heavy (non-hydrogen) atoms. The number of carbonyl (C=O) groups is 1. The Morgan fingerprint density at radius 2 is 1.79 bits per heavy atom. The topological polar surface area (TPSA) is 69.0 Å². The number of ether oxygens (including phenoxy) is 1. The molecule has 0 saturated carbocycles. The summed E-state index contributed by atoms with van der Waals surface area (Å²) in [5, 5.41) is 10.3. The first-order valence-electron chi connectivity index (χ1n) is 12.4. The summed E-state index contributed by atoms with van der Waals surface area (Å²) in [4.78, 5) is 17.9. The van der Waals surface area contributed by atoms with Gasteiger partial charge in [-0.15, -0.1) is 5.10 Å². The maximum absolute atomic E-state index is 13.1. The zero-order valence-electron chi connectivity index (χ0n) is 20.4. The number of thioether (sulfide) groups is 1. The molecule has 0 saturated heterocycles. The van der Waals surface area contributed by atoms with E-state index in [0.717, 1.165) is 51.6 Å². The molecule has 192 valence electrons. The fourth-order valence-corrected chi connectivity index (χ4v) is 6.00. The zero-order valence-corrected chi connectivity index (χ0v) is 22.7. The monoisotopic (exact) mass is 562 g/mol. The van der Waals surface area contributed by atoms with Crippen LogP contribution in [0.15, 0.2) is 89.2 Å². The van der Waals surface area contributed by atoms with Gasteiger partial charge in [-0.1, -0.05) is 77.4 Å². The molecule has 0 amide bonds. The zero-order chi connectivity index (χ0) is 26.1. The van der Waals surface area contributed by atoms with E-state index in [4.69, 9.17) is 38.0 Å². The van der Waals surface area contributed by atoms with Crippen LogP contribution in [0.5, 0.6) is 5.75 Å².